The van der Waals surface area contributed by atoms with Gasteiger partial charge in [0.1, 0.15) is 42.8 Å². The van der Waals surface area contributed by atoms with Crippen molar-refractivity contribution in [3.8, 4) is 0 Å². The third-order valence-corrected chi connectivity index (χ3v) is 7.77. The quantitative estimate of drug-likeness (QED) is 0.294. The molecule has 0 fully saturated rings. The predicted octanol–water partition coefficient (Wildman–Crippen LogP) is 5.94. The molecule has 0 bridgehead atoms. The van der Waals surface area contributed by atoms with Crippen molar-refractivity contribution in [1.29, 1.82) is 0 Å². The number of amidine groups is 3. The highest BCUT2D eigenvalue weighted by atomic mass is 35.5. The van der Waals surface area contributed by atoms with Crippen LogP contribution in [0.2, 0.25) is 15.1 Å². The van der Waals surface area contributed by atoms with Gasteiger partial charge >= 0.3 is 0 Å². The first-order valence-corrected chi connectivity index (χ1v) is 14.1. The Morgan fingerprint density at radius 3 is 1.80 bits per heavy atom. The van der Waals surface area contributed by atoms with Crippen LogP contribution >= 0.6 is 34.8 Å². The summed E-state index contributed by atoms with van der Waals surface area (Å²) in [5, 5.41) is 1.75. The summed E-state index contributed by atoms with van der Waals surface area (Å²) in [6.45, 7) is 4.82. The molecule has 3 aromatic carbocycles. The first kappa shape index (κ1) is 33.0. The first-order chi connectivity index (χ1) is 20.7. The molecule has 0 amide bonds. The lowest BCUT2D eigenvalue weighted by Crippen LogP contribution is -2.20. The van der Waals surface area contributed by atoms with Gasteiger partial charge in [-0.25, -0.2) is 28.1 Å². The molecule has 15 heteroatoms. The van der Waals surface area contributed by atoms with Gasteiger partial charge in [-0.15, -0.1) is 0 Å². The fourth-order valence-corrected chi connectivity index (χ4v) is 4.77. The van der Waals surface area contributed by atoms with Crippen LogP contribution in [0.4, 0.5) is 13.2 Å². The molecular formula is C29H28Cl3F3N6O3. The molecule has 6 N–H and O–H groups in total. The number of rotatable bonds is 3. The molecule has 0 saturated carbocycles. The first-order valence-electron chi connectivity index (χ1n) is 13.0. The number of hydrogen-bond acceptors (Lipinski definition) is 9. The minimum absolute atomic E-state index is 0.00829. The van der Waals surface area contributed by atoms with E-state index in [1.54, 1.807) is 12.1 Å². The summed E-state index contributed by atoms with van der Waals surface area (Å²) < 4.78 is 54.0. The van der Waals surface area contributed by atoms with E-state index < -0.39 is 29.0 Å². The Bertz CT molecular complexity index is 1630. The van der Waals surface area contributed by atoms with Crippen LogP contribution in [0, 0.1) is 17.5 Å². The van der Waals surface area contributed by atoms with Gasteiger partial charge in [-0.2, -0.15) is 0 Å². The van der Waals surface area contributed by atoms with E-state index in [1.807, 2.05) is 44.2 Å². The summed E-state index contributed by atoms with van der Waals surface area (Å²) in [5.74, 6) is -3.22. The van der Waals surface area contributed by atoms with Crippen molar-refractivity contribution in [2.75, 3.05) is 19.8 Å². The van der Waals surface area contributed by atoms with Gasteiger partial charge in [0.15, 0.2) is 11.6 Å². The van der Waals surface area contributed by atoms with Crippen molar-refractivity contribution in [3.05, 3.63) is 104 Å². The van der Waals surface area contributed by atoms with Crippen molar-refractivity contribution >= 4 is 52.9 Å². The minimum atomic E-state index is -1.24. The number of nitrogens with zero attached hydrogens (tertiary/aromatic N) is 3. The smallest absolute Gasteiger partial charge is 0.283 e. The van der Waals surface area contributed by atoms with Crippen molar-refractivity contribution in [3.63, 3.8) is 0 Å². The molecule has 0 aromatic heterocycles. The Labute approximate surface area is 266 Å². The van der Waals surface area contributed by atoms with Crippen LogP contribution in [0.5, 0.6) is 0 Å². The number of ether oxygens (including phenoxy) is 3. The van der Waals surface area contributed by atoms with Gasteiger partial charge in [-0.1, -0.05) is 53.0 Å². The lowest BCUT2D eigenvalue weighted by Gasteiger charge is -2.18. The van der Waals surface area contributed by atoms with E-state index in [9.17, 15) is 13.2 Å². The van der Waals surface area contributed by atoms with E-state index in [1.165, 1.54) is 0 Å². The monoisotopic (exact) mass is 670 g/mol. The van der Waals surface area contributed by atoms with Crippen LogP contribution in [0.25, 0.3) is 0 Å². The standard InChI is InChI=1S/C10H10Cl2N2O.C10H11ClN2O.C9H7F3N2O/c1-10(5-15-9(13)14-10)6-2-3-7(11)8(12)4-6;1-10(6-14-9(12)13-10)7-2-4-8(11)5-3-7;10-4-1-5(8(12)6(11)2-4)7-3-15-9(13)14-7/h2-4H,5H2,1H3,(H2,13,14);2-5H,6H2,1H3,(H2,12,13);1-2,7H,3H2,(H2,13,14)/t2*10-;7-/m111/s1. The molecule has 44 heavy (non-hydrogen) atoms. The average molecular weight is 672 g/mol. The van der Waals surface area contributed by atoms with Crippen molar-refractivity contribution < 1.29 is 27.4 Å². The molecule has 234 valence electrons. The van der Waals surface area contributed by atoms with Crippen LogP contribution in [-0.2, 0) is 25.3 Å². The van der Waals surface area contributed by atoms with E-state index in [0.717, 1.165) is 17.2 Å². The lowest BCUT2D eigenvalue weighted by molar-refractivity contribution is 0.266. The molecule has 6 rings (SSSR count). The van der Waals surface area contributed by atoms with Crippen LogP contribution in [-0.4, -0.2) is 37.9 Å². The molecule has 3 atom stereocenters. The normalized spacial score (nSPS) is 23.5. The van der Waals surface area contributed by atoms with Crippen LogP contribution in [0.1, 0.15) is 36.6 Å². The van der Waals surface area contributed by atoms with Crippen LogP contribution < -0.4 is 17.2 Å². The molecule has 3 aromatic rings. The summed E-state index contributed by atoms with van der Waals surface area (Å²) in [7, 11) is 0. The molecule has 0 radical (unpaired) electrons. The largest absolute Gasteiger partial charge is 0.463 e. The summed E-state index contributed by atoms with van der Waals surface area (Å²) in [6.07, 6.45) is 0. The van der Waals surface area contributed by atoms with Crippen molar-refractivity contribution in [1.82, 2.24) is 0 Å². The summed E-state index contributed by atoms with van der Waals surface area (Å²) in [6, 6.07) is 13.9. The highest BCUT2D eigenvalue weighted by Crippen LogP contribution is 2.34. The Hall–Kier alpha value is -3.87. The maximum absolute atomic E-state index is 13.3. The second kappa shape index (κ2) is 13.4. The van der Waals surface area contributed by atoms with Crippen molar-refractivity contribution in [2.45, 2.75) is 31.0 Å². The van der Waals surface area contributed by atoms with Gasteiger partial charge in [0, 0.05) is 16.7 Å². The topological polar surface area (TPSA) is 143 Å². The molecule has 0 spiro atoms. The second-order valence-electron chi connectivity index (χ2n) is 10.2. The molecule has 0 saturated heterocycles. The molecular weight excluding hydrogens is 644 g/mol. The van der Waals surface area contributed by atoms with E-state index >= 15 is 0 Å². The van der Waals surface area contributed by atoms with Crippen molar-refractivity contribution in [2.24, 2.45) is 32.2 Å². The Balaban J connectivity index is 0.000000151. The average Bonchev–Trinajstić information content (AvgIpc) is 3.67. The van der Waals surface area contributed by atoms with Gasteiger partial charge in [-0.3, -0.25) is 0 Å². The zero-order valence-corrected chi connectivity index (χ0v) is 25.7. The number of hydrogen-bond donors (Lipinski definition) is 3. The Morgan fingerprint density at radius 2 is 1.30 bits per heavy atom. The third kappa shape index (κ3) is 7.79. The molecule has 0 aliphatic carbocycles. The van der Waals surface area contributed by atoms with E-state index in [0.29, 0.717) is 34.3 Å². The fraction of sp³-hybridized carbons (Fsp3) is 0.276. The minimum Gasteiger partial charge on any atom is -0.463 e. The zero-order chi connectivity index (χ0) is 32.2. The van der Waals surface area contributed by atoms with Gasteiger partial charge < -0.3 is 31.4 Å². The predicted molar refractivity (Wildman–Crippen MR) is 164 cm³/mol. The summed E-state index contributed by atoms with van der Waals surface area (Å²) in [4.78, 5) is 12.2. The number of aliphatic imine (C=N–C) groups is 3. The number of nitrogens with two attached hydrogens (primary N) is 3. The Kier molecular flexibility index (Phi) is 10.1. The fourth-order valence-electron chi connectivity index (χ4n) is 4.35. The van der Waals surface area contributed by atoms with Gasteiger partial charge in [0.25, 0.3) is 18.1 Å². The second-order valence-corrected chi connectivity index (χ2v) is 11.5. The van der Waals surface area contributed by atoms with Gasteiger partial charge in [0.2, 0.25) is 0 Å². The molecule has 0 unspecified atom stereocenters. The van der Waals surface area contributed by atoms with E-state index in [2.05, 4.69) is 15.0 Å². The van der Waals surface area contributed by atoms with Gasteiger partial charge in [0.05, 0.1) is 10.0 Å². The van der Waals surface area contributed by atoms with Crippen LogP contribution in [0.3, 0.4) is 0 Å². The highest BCUT2D eigenvalue weighted by molar-refractivity contribution is 6.42. The molecule has 3 aliphatic rings. The zero-order valence-electron chi connectivity index (χ0n) is 23.5. The molecule has 3 aliphatic heterocycles. The maximum Gasteiger partial charge on any atom is 0.283 e. The maximum atomic E-state index is 13.3. The summed E-state index contributed by atoms with van der Waals surface area (Å²) >= 11 is 17.6. The van der Waals surface area contributed by atoms with E-state index in [-0.39, 0.29) is 35.8 Å². The Morgan fingerprint density at radius 1 is 0.727 bits per heavy atom. The third-order valence-electron chi connectivity index (χ3n) is 6.78. The highest BCUT2D eigenvalue weighted by Gasteiger charge is 2.34. The number of halogens is 6. The lowest BCUT2D eigenvalue weighted by atomic mass is 9.94. The van der Waals surface area contributed by atoms with Gasteiger partial charge in [-0.05, 0) is 55.3 Å². The molecule has 3 heterocycles. The number of benzene rings is 3. The van der Waals surface area contributed by atoms with Crippen LogP contribution in [0.15, 0.2) is 69.6 Å². The molecule has 9 nitrogen and oxygen atoms in total. The van der Waals surface area contributed by atoms with E-state index in [4.69, 9.17) is 66.2 Å². The summed E-state index contributed by atoms with van der Waals surface area (Å²) in [5.41, 5.74) is 17.2. The SMILES string of the molecule is C[C@]1(c2ccc(Cl)c(Cl)c2)COC(N)=N1.C[C@]1(c2ccc(Cl)cc2)COC(N)=N1.NC1=N[C@@H](c2cc(F)cc(F)c2F)CO1.